The predicted molar refractivity (Wildman–Crippen MR) is 52.1 cm³/mol. The lowest BCUT2D eigenvalue weighted by atomic mass is 10.3. The third-order valence-electron chi connectivity index (χ3n) is 2.07. The summed E-state index contributed by atoms with van der Waals surface area (Å²) in [5, 5.41) is 10.6. The van der Waals surface area contributed by atoms with Gasteiger partial charge in [0.2, 0.25) is 0 Å². The van der Waals surface area contributed by atoms with Crippen molar-refractivity contribution in [3.63, 3.8) is 0 Å². The lowest BCUT2D eigenvalue weighted by Crippen LogP contribution is -2.00. The summed E-state index contributed by atoms with van der Waals surface area (Å²) in [5.74, 6) is -0.434. The number of nitrogens with zero attached hydrogens (tertiary/aromatic N) is 3. The van der Waals surface area contributed by atoms with Crippen molar-refractivity contribution in [3.05, 3.63) is 24.0 Å². The molecule has 0 spiro atoms. The van der Waals surface area contributed by atoms with Crippen LogP contribution in [-0.4, -0.2) is 33.1 Å². The van der Waals surface area contributed by atoms with Crippen LogP contribution in [0.2, 0.25) is 0 Å². The minimum Gasteiger partial charge on any atom is -0.464 e. The Labute approximate surface area is 85.9 Å². The number of carbonyl (C=O) groups is 1. The Morgan fingerprint density at radius 1 is 1.60 bits per heavy atom. The molecule has 78 valence electrons. The number of hydrogen-bond donors (Lipinski definition) is 1. The van der Waals surface area contributed by atoms with Gasteiger partial charge in [-0.3, -0.25) is 9.78 Å². The van der Waals surface area contributed by atoms with E-state index in [9.17, 15) is 4.79 Å². The van der Waals surface area contributed by atoms with Crippen LogP contribution in [0.1, 0.15) is 10.5 Å². The number of nitrogens with one attached hydrogen (secondary N) is 1. The average Bonchev–Trinajstić information content (AvgIpc) is 2.84. The molecule has 2 aromatic rings. The maximum absolute atomic E-state index is 11.2. The first-order chi connectivity index (χ1) is 7.22. The summed E-state index contributed by atoms with van der Waals surface area (Å²) in [7, 11) is 3.13. The molecule has 15 heavy (non-hydrogen) atoms. The van der Waals surface area contributed by atoms with Gasteiger partial charge in [-0.05, 0) is 6.07 Å². The number of hydrogen-bond acceptors (Lipinski definition) is 4. The number of aromatic nitrogens is 4. The Kier molecular flexibility index (Phi) is 2.24. The highest BCUT2D eigenvalue weighted by Gasteiger charge is 2.12. The van der Waals surface area contributed by atoms with Gasteiger partial charge >= 0.3 is 5.97 Å². The standard InChI is InChI=1S/C9H10N4O2/c1-13-8(3-4-10-13)6-5-7(12-11-6)9(14)15-2/h3-5H,1-2H3,(H,11,12). The fraction of sp³-hybridized carbons (Fsp3) is 0.222. The number of carbonyl (C=O) groups excluding carboxylic acids is 1. The van der Waals surface area contributed by atoms with Gasteiger partial charge in [0.15, 0.2) is 0 Å². The zero-order chi connectivity index (χ0) is 10.8. The van der Waals surface area contributed by atoms with E-state index in [1.165, 1.54) is 7.11 Å². The van der Waals surface area contributed by atoms with E-state index in [0.717, 1.165) is 5.69 Å². The molecule has 6 nitrogen and oxygen atoms in total. The molecule has 0 aromatic carbocycles. The zero-order valence-corrected chi connectivity index (χ0v) is 8.39. The van der Waals surface area contributed by atoms with Crippen LogP contribution in [0.5, 0.6) is 0 Å². The van der Waals surface area contributed by atoms with E-state index in [2.05, 4.69) is 20.0 Å². The summed E-state index contributed by atoms with van der Waals surface area (Å²) >= 11 is 0. The Bertz CT molecular complexity index is 486. The molecule has 0 fully saturated rings. The number of esters is 1. The molecule has 0 unspecified atom stereocenters. The fourth-order valence-electron chi connectivity index (χ4n) is 1.29. The number of aryl methyl sites for hydroxylation is 1. The van der Waals surface area contributed by atoms with Gasteiger partial charge in [-0.2, -0.15) is 10.2 Å². The maximum Gasteiger partial charge on any atom is 0.356 e. The first-order valence-corrected chi connectivity index (χ1v) is 4.34. The molecule has 0 aliphatic heterocycles. The molecule has 2 rings (SSSR count). The number of rotatable bonds is 2. The van der Waals surface area contributed by atoms with Crippen molar-refractivity contribution in [2.45, 2.75) is 0 Å². The maximum atomic E-state index is 11.2. The smallest absolute Gasteiger partial charge is 0.356 e. The van der Waals surface area contributed by atoms with E-state index < -0.39 is 5.97 Å². The van der Waals surface area contributed by atoms with E-state index in [1.54, 1.807) is 16.9 Å². The van der Waals surface area contributed by atoms with Crippen molar-refractivity contribution in [2.75, 3.05) is 7.11 Å². The second-order valence-electron chi connectivity index (χ2n) is 3.00. The molecule has 0 saturated carbocycles. The number of methoxy groups -OCH3 is 1. The third kappa shape index (κ3) is 1.61. The quantitative estimate of drug-likeness (QED) is 0.730. The SMILES string of the molecule is COC(=O)c1cc(-c2ccnn2C)n[nH]1. The molecular weight excluding hydrogens is 196 g/mol. The largest absolute Gasteiger partial charge is 0.464 e. The predicted octanol–water partition coefficient (Wildman–Crippen LogP) is 0.597. The van der Waals surface area contributed by atoms with Crippen LogP contribution in [-0.2, 0) is 11.8 Å². The molecule has 0 aliphatic rings. The second-order valence-corrected chi connectivity index (χ2v) is 3.00. The second kappa shape index (κ2) is 3.56. The van der Waals surface area contributed by atoms with Crippen LogP contribution < -0.4 is 0 Å². The average molecular weight is 206 g/mol. The number of H-pyrrole nitrogens is 1. The molecule has 0 aliphatic carbocycles. The van der Waals surface area contributed by atoms with Crippen molar-refractivity contribution in [1.29, 1.82) is 0 Å². The molecule has 0 amide bonds. The highest BCUT2D eigenvalue weighted by atomic mass is 16.5. The van der Waals surface area contributed by atoms with Gasteiger partial charge in [0.25, 0.3) is 0 Å². The first-order valence-electron chi connectivity index (χ1n) is 4.34. The molecule has 2 aromatic heterocycles. The Morgan fingerprint density at radius 2 is 2.40 bits per heavy atom. The Hall–Kier alpha value is -2.11. The normalized spacial score (nSPS) is 10.3. The van der Waals surface area contributed by atoms with Crippen LogP contribution in [0.4, 0.5) is 0 Å². The lowest BCUT2D eigenvalue weighted by molar-refractivity contribution is 0.0594. The summed E-state index contributed by atoms with van der Waals surface area (Å²) in [6.07, 6.45) is 1.67. The van der Waals surface area contributed by atoms with Crippen LogP contribution in [0.3, 0.4) is 0 Å². The molecule has 0 saturated heterocycles. The van der Waals surface area contributed by atoms with Crippen LogP contribution >= 0.6 is 0 Å². The van der Waals surface area contributed by atoms with Gasteiger partial charge in [-0.1, -0.05) is 0 Å². The summed E-state index contributed by atoms with van der Waals surface area (Å²) in [4.78, 5) is 11.2. The fourth-order valence-corrected chi connectivity index (χ4v) is 1.29. The van der Waals surface area contributed by atoms with Crippen molar-refractivity contribution in [1.82, 2.24) is 20.0 Å². The van der Waals surface area contributed by atoms with Crippen molar-refractivity contribution in [3.8, 4) is 11.4 Å². The summed E-state index contributed by atoms with van der Waals surface area (Å²) in [5.41, 5.74) is 1.82. The topological polar surface area (TPSA) is 72.8 Å². The molecule has 1 N–H and O–H groups in total. The van der Waals surface area contributed by atoms with Crippen LogP contribution in [0, 0.1) is 0 Å². The van der Waals surface area contributed by atoms with Gasteiger partial charge < -0.3 is 4.74 Å². The van der Waals surface area contributed by atoms with Gasteiger partial charge in [-0.15, -0.1) is 0 Å². The van der Waals surface area contributed by atoms with E-state index >= 15 is 0 Å². The van der Waals surface area contributed by atoms with E-state index in [4.69, 9.17) is 0 Å². The summed E-state index contributed by atoms with van der Waals surface area (Å²) in [6, 6.07) is 3.44. The molecule has 0 radical (unpaired) electrons. The van der Waals surface area contributed by atoms with Crippen molar-refractivity contribution in [2.24, 2.45) is 7.05 Å². The first kappa shape index (κ1) is 9.45. The number of ether oxygens (including phenoxy) is 1. The summed E-state index contributed by atoms with van der Waals surface area (Å²) in [6.45, 7) is 0. The van der Waals surface area contributed by atoms with Gasteiger partial charge in [0.1, 0.15) is 11.4 Å². The van der Waals surface area contributed by atoms with E-state index in [1.807, 2.05) is 13.1 Å². The molecule has 6 heteroatoms. The van der Waals surface area contributed by atoms with Gasteiger partial charge in [-0.25, -0.2) is 4.79 Å². The lowest BCUT2D eigenvalue weighted by Gasteiger charge is -1.94. The minimum absolute atomic E-state index is 0.328. The van der Waals surface area contributed by atoms with Crippen LogP contribution in [0.25, 0.3) is 11.4 Å². The molecular formula is C9H10N4O2. The highest BCUT2D eigenvalue weighted by Crippen LogP contribution is 2.16. The van der Waals surface area contributed by atoms with Crippen molar-refractivity contribution < 1.29 is 9.53 Å². The number of aromatic amines is 1. The zero-order valence-electron chi connectivity index (χ0n) is 8.39. The van der Waals surface area contributed by atoms with Gasteiger partial charge in [0, 0.05) is 19.3 Å². The third-order valence-corrected chi connectivity index (χ3v) is 2.07. The van der Waals surface area contributed by atoms with Gasteiger partial charge in [0.05, 0.1) is 12.8 Å². The molecule has 2 heterocycles. The molecule has 0 atom stereocenters. The monoisotopic (exact) mass is 206 g/mol. The molecule has 0 bridgehead atoms. The minimum atomic E-state index is -0.434. The van der Waals surface area contributed by atoms with E-state index in [-0.39, 0.29) is 0 Å². The summed E-state index contributed by atoms with van der Waals surface area (Å²) < 4.78 is 6.24. The Morgan fingerprint density at radius 3 is 3.00 bits per heavy atom. The van der Waals surface area contributed by atoms with Crippen LogP contribution in [0.15, 0.2) is 18.3 Å². The Balaban J connectivity index is 2.36. The van der Waals surface area contributed by atoms with Crippen molar-refractivity contribution >= 4 is 5.97 Å². The van der Waals surface area contributed by atoms with E-state index in [0.29, 0.717) is 11.4 Å². The highest BCUT2D eigenvalue weighted by molar-refractivity contribution is 5.88.